The molecule has 1 fully saturated rings. The molecular weight excluding hydrogens is 281 g/mol. The monoisotopic (exact) mass is 301 g/mol. The fourth-order valence-electron chi connectivity index (χ4n) is 3.11. The van der Waals surface area contributed by atoms with E-state index < -0.39 is 5.82 Å². The number of para-hydroxylation sites is 1. The Morgan fingerprint density at radius 3 is 2.86 bits per heavy atom. The molecule has 1 aromatic heterocycles. The molecule has 1 atom stereocenters. The summed E-state index contributed by atoms with van der Waals surface area (Å²) in [4.78, 5) is 14.4. The first-order valence-electron chi connectivity index (χ1n) is 7.55. The Bertz CT molecular complexity index is 667. The number of hydrogen-bond donors (Lipinski definition) is 1. The van der Waals surface area contributed by atoms with Gasteiger partial charge in [-0.1, -0.05) is 12.1 Å². The van der Waals surface area contributed by atoms with Gasteiger partial charge in [-0.05, 0) is 43.7 Å². The minimum Gasteiger partial charge on any atom is -0.353 e. The first-order chi connectivity index (χ1) is 10.6. The molecule has 1 aliphatic rings. The van der Waals surface area contributed by atoms with Gasteiger partial charge in [-0.25, -0.2) is 4.39 Å². The third-order valence-electron chi connectivity index (χ3n) is 4.18. The fraction of sp³-hybridized carbons (Fsp3) is 0.353. The van der Waals surface area contributed by atoms with E-state index in [9.17, 15) is 9.18 Å². The summed E-state index contributed by atoms with van der Waals surface area (Å²) >= 11 is 0. The summed E-state index contributed by atoms with van der Waals surface area (Å²) in [7, 11) is 2.02. The summed E-state index contributed by atoms with van der Waals surface area (Å²) in [6.07, 6.45) is 4.14. The maximum absolute atomic E-state index is 13.6. The standard InChI is InChI=1S/C17H20FN3O/c1-20-10-4-8-15(20)16-9-5-11-21(16)12-17(22)19-14-7-3-2-6-13(14)18/h2-4,6-8,10,16H,5,9,11-12H2,1H3,(H,19,22)/t16-/m0/s1. The van der Waals surface area contributed by atoms with Crippen LogP contribution in [-0.2, 0) is 11.8 Å². The number of carbonyl (C=O) groups is 1. The van der Waals surface area contributed by atoms with Gasteiger partial charge >= 0.3 is 0 Å². The second-order valence-corrected chi connectivity index (χ2v) is 5.70. The van der Waals surface area contributed by atoms with Crippen molar-refractivity contribution >= 4 is 11.6 Å². The predicted octanol–water partition coefficient (Wildman–Crippen LogP) is 2.94. The number of carbonyl (C=O) groups excluding carboxylic acids is 1. The maximum Gasteiger partial charge on any atom is 0.238 e. The van der Waals surface area contributed by atoms with Crippen molar-refractivity contribution < 1.29 is 9.18 Å². The van der Waals surface area contributed by atoms with E-state index in [4.69, 9.17) is 0 Å². The lowest BCUT2D eigenvalue weighted by molar-refractivity contribution is -0.117. The van der Waals surface area contributed by atoms with Crippen molar-refractivity contribution in [2.75, 3.05) is 18.4 Å². The molecule has 2 heterocycles. The summed E-state index contributed by atoms with van der Waals surface area (Å²) in [5.74, 6) is -0.581. The molecule has 116 valence electrons. The molecule has 1 N–H and O–H groups in total. The highest BCUT2D eigenvalue weighted by Crippen LogP contribution is 2.31. The molecule has 4 nitrogen and oxygen atoms in total. The van der Waals surface area contributed by atoms with Crippen molar-refractivity contribution in [3.8, 4) is 0 Å². The minimum atomic E-state index is -0.406. The molecule has 0 bridgehead atoms. The van der Waals surface area contributed by atoms with E-state index in [1.54, 1.807) is 18.2 Å². The number of nitrogens with one attached hydrogen (secondary N) is 1. The van der Waals surface area contributed by atoms with Gasteiger partial charge in [0.05, 0.1) is 18.3 Å². The number of benzene rings is 1. The summed E-state index contributed by atoms with van der Waals surface area (Å²) in [6.45, 7) is 1.17. The number of likely N-dealkylation sites (tertiary alicyclic amines) is 1. The molecule has 3 rings (SSSR count). The van der Waals surface area contributed by atoms with Crippen molar-refractivity contribution in [1.29, 1.82) is 0 Å². The van der Waals surface area contributed by atoms with Gasteiger partial charge in [0.2, 0.25) is 5.91 Å². The van der Waals surface area contributed by atoms with E-state index in [2.05, 4.69) is 20.9 Å². The molecule has 1 aromatic carbocycles. The molecule has 1 amide bonds. The molecule has 1 saturated heterocycles. The first kappa shape index (κ1) is 14.8. The van der Waals surface area contributed by atoms with Crippen molar-refractivity contribution in [3.63, 3.8) is 0 Å². The molecule has 5 heteroatoms. The Labute approximate surface area is 129 Å². The SMILES string of the molecule is Cn1cccc1[C@@H]1CCCN1CC(=O)Nc1ccccc1F. The van der Waals surface area contributed by atoms with Gasteiger partial charge in [0.1, 0.15) is 5.82 Å². The Kier molecular flexibility index (Phi) is 4.24. The van der Waals surface area contributed by atoms with Crippen molar-refractivity contribution in [1.82, 2.24) is 9.47 Å². The van der Waals surface area contributed by atoms with Crippen LogP contribution in [0.25, 0.3) is 0 Å². The van der Waals surface area contributed by atoms with Gasteiger partial charge in [0.25, 0.3) is 0 Å². The zero-order valence-corrected chi connectivity index (χ0v) is 12.6. The highest BCUT2D eigenvalue weighted by molar-refractivity contribution is 5.92. The second kappa shape index (κ2) is 6.32. The molecule has 2 aromatic rings. The van der Waals surface area contributed by atoms with Crippen LogP contribution < -0.4 is 5.32 Å². The highest BCUT2D eigenvalue weighted by Gasteiger charge is 2.29. The lowest BCUT2D eigenvalue weighted by Gasteiger charge is -2.24. The fourth-order valence-corrected chi connectivity index (χ4v) is 3.11. The first-order valence-corrected chi connectivity index (χ1v) is 7.55. The van der Waals surface area contributed by atoms with Crippen LogP contribution in [0.5, 0.6) is 0 Å². The van der Waals surface area contributed by atoms with Crippen LogP contribution in [0.15, 0.2) is 42.6 Å². The van der Waals surface area contributed by atoms with Gasteiger partial charge in [-0.15, -0.1) is 0 Å². The lowest BCUT2D eigenvalue weighted by Crippen LogP contribution is -2.33. The summed E-state index contributed by atoms with van der Waals surface area (Å²) in [6, 6.07) is 10.6. The Balaban J connectivity index is 1.66. The van der Waals surface area contributed by atoms with E-state index in [-0.39, 0.29) is 24.2 Å². The number of rotatable bonds is 4. The van der Waals surface area contributed by atoms with Gasteiger partial charge in [0, 0.05) is 18.9 Å². The molecular formula is C17H20FN3O. The normalized spacial score (nSPS) is 18.5. The van der Waals surface area contributed by atoms with Gasteiger partial charge in [-0.3, -0.25) is 9.69 Å². The van der Waals surface area contributed by atoms with Crippen molar-refractivity contribution in [3.05, 3.63) is 54.1 Å². The van der Waals surface area contributed by atoms with E-state index in [1.807, 2.05) is 19.3 Å². The molecule has 1 aliphatic heterocycles. The summed E-state index contributed by atoms with van der Waals surface area (Å²) < 4.78 is 15.7. The van der Waals surface area contributed by atoms with Crippen molar-refractivity contribution in [2.45, 2.75) is 18.9 Å². The number of halogens is 1. The highest BCUT2D eigenvalue weighted by atomic mass is 19.1. The Hall–Kier alpha value is -2.14. The number of amides is 1. The van der Waals surface area contributed by atoms with Crippen molar-refractivity contribution in [2.24, 2.45) is 7.05 Å². The molecule has 0 aliphatic carbocycles. The zero-order chi connectivity index (χ0) is 15.5. The molecule has 0 spiro atoms. The number of hydrogen-bond acceptors (Lipinski definition) is 2. The van der Waals surface area contributed by atoms with E-state index in [0.717, 1.165) is 19.4 Å². The quantitative estimate of drug-likeness (QED) is 0.943. The minimum absolute atomic E-state index is 0.175. The average molecular weight is 301 g/mol. The summed E-state index contributed by atoms with van der Waals surface area (Å²) in [5, 5.41) is 2.66. The lowest BCUT2D eigenvalue weighted by atomic mass is 10.1. The van der Waals surface area contributed by atoms with E-state index in [1.165, 1.54) is 11.8 Å². The van der Waals surface area contributed by atoms with E-state index >= 15 is 0 Å². The molecule has 0 saturated carbocycles. The van der Waals surface area contributed by atoms with Crippen LogP contribution in [0.3, 0.4) is 0 Å². The number of aromatic nitrogens is 1. The number of aryl methyl sites for hydroxylation is 1. The number of nitrogens with zero attached hydrogens (tertiary/aromatic N) is 2. The summed E-state index contributed by atoms with van der Waals surface area (Å²) in [5.41, 5.74) is 1.46. The molecule has 22 heavy (non-hydrogen) atoms. The second-order valence-electron chi connectivity index (χ2n) is 5.70. The van der Waals surface area contributed by atoms with Crippen LogP contribution in [0, 0.1) is 5.82 Å². The van der Waals surface area contributed by atoms with E-state index in [0.29, 0.717) is 0 Å². The Morgan fingerprint density at radius 2 is 2.14 bits per heavy atom. The molecule has 0 unspecified atom stereocenters. The number of anilines is 1. The van der Waals surface area contributed by atoms with Crippen LogP contribution >= 0.6 is 0 Å². The van der Waals surface area contributed by atoms with Crippen LogP contribution in [0.2, 0.25) is 0 Å². The van der Waals surface area contributed by atoms with Gasteiger partial charge < -0.3 is 9.88 Å². The smallest absolute Gasteiger partial charge is 0.238 e. The predicted molar refractivity (Wildman–Crippen MR) is 84.0 cm³/mol. The van der Waals surface area contributed by atoms with Gasteiger partial charge in [0.15, 0.2) is 0 Å². The third-order valence-corrected chi connectivity index (χ3v) is 4.18. The van der Waals surface area contributed by atoms with Gasteiger partial charge in [-0.2, -0.15) is 0 Å². The average Bonchev–Trinajstić information content (AvgIpc) is 3.10. The Morgan fingerprint density at radius 1 is 1.32 bits per heavy atom. The third kappa shape index (κ3) is 3.04. The van der Waals surface area contributed by atoms with Crippen LogP contribution in [0.4, 0.5) is 10.1 Å². The molecule has 0 radical (unpaired) electrons. The largest absolute Gasteiger partial charge is 0.353 e. The topological polar surface area (TPSA) is 37.3 Å². The van der Waals surface area contributed by atoms with Crippen LogP contribution in [-0.4, -0.2) is 28.5 Å². The van der Waals surface area contributed by atoms with Crippen LogP contribution in [0.1, 0.15) is 24.6 Å². The zero-order valence-electron chi connectivity index (χ0n) is 12.6. The maximum atomic E-state index is 13.6.